The van der Waals surface area contributed by atoms with E-state index in [2.05, 4.69) is 0 Å². The van der Waals surface area contributed by atoms with Crippen LogP contribution < -0.4 is 10.6 Å². The summed E-state index contributed by atoms with van der Waals surface area (Å²) in [6.07, 6.45) is -3.61. The minimum Gasteiger partial charge on any atom is -0.389 e. The van der Waals surface area contributed by atoms with Gasteiger partial charge in [0.25, 0.3) is 0 Å². The molecule has 2 rings (SSSR count). The number of thiocarbonyl (C=S) groups is 1. The van der Waals surface area contributed by atoms with E-state index in [1.54, 1.807) is 0 Å². The van der Waals surface area contributed by atoms with E-state index in [-0.39, 0.29) is 22.7 Å². The summed E-state index contributed by atoms with van der Waals surface area (Å²) >= 11 is 4.76. The molecule has 1 fully saturated rings. The summed E-state index contributed by atoms with van der Waals surface area (Å²) in [7, 11) is 1.84. The van der Waals surface area contributed by atoms with Crippen LogP contribution in [0.15, 0.2) is 18.2 Å². The zero-order chi connectivity index (χ0) is 15.8. The Bertz CT molecular complexity index is 548. The van der Waals surface area contributed by atoms with E-state index in [4.69, 9.17) is 22.7 Å². The molecule has 2 unspecified atom stereocenters. The number of halogens is 3. The van der Waals surface area contributed by atoms with Gasteiger partial charge in [-0.3, -0.25) is 0 Å². The van der Waals surface area contributed by atoms with Gasteiger partial charge in [0.15, 0.2) is 0 Å². The Labute approximate surface area is 126 Å². The van der Waals surface area contributed by atoms with Crippen LogP contribution in [0.2, 0.25) is 0 Å². The smallest absolute Gasteiger partial charge is 0.389 e. The normalized spacial score (nSPS) is 22.3. The second kappa shape index (κ2) is 5.81. The molecule has 1 aliphatic heterocycles. The lowest BCUT2D eigenvalue weighted by atomic mass is 10.0. The molecule has 21 heavy (non-hydrogen) atoms. The molecule has 1 aliphatic rings. The fourth-order valence-electron chi connectivity index (χ4n) is 2.62. The van der Waals surface area contributed by atoms with Gasteiger partial charge >= 0.3 is 6.18 Å². The lowest BCUT2D eigenvalue weighted by Gasteiger charge is -2.29. The van der Waals surface area contributed by atoms with Crippen molar-refractivity contribution in [2.75, 3.05) is 18.6 Å². The van der Waals surface area contributed by atoms with Gasteiger partial charge in [-0.2, -0.15) is 13.2 Å². The van der Waals surface area contributed by atoms with Gasteiger partial charge in [0.1, 0.15) is 4.99 Å². The lowest BCUT2D eigenvalue weighted by Crippen LogP contribution is -2.37. The van der Waals surface area contributed by atoms with E-state index in [0.29, 0.717) is 12.3 Å². The number of nitrogens with two attached hydrogens (primary N) is 1. The van der Waals surface area contributed by atoms with E-state index < -0.39 is 11.7 Å². The Hall–Kier alpha value is -1.34. The molecule has 0 aromatic heterocycles. The van der Waals surface area contributed by atoms with Crippen LogP contribution in [0.4, 0.5) is 18.9 Å². The average molecular weight is 318 g/mol. The third-order valence-corrected chi connectivity index (χ3v) is 4.03. The summed E-state index contributed by atoms with van der Waals surface area (Å²) in [4.78, 5) is 1.66. The quantitative estimate of drug-likeness (QED) is 0.870. The fraction of sp³-hybridized carbons (Fsp3) is 0.500. The maximum Gasteiger partial charge on any atom is 0.417 e. The summed E-state index contributed by atoms with van der Waals surface area (Å²) in [6, 6.07) is 3.99. The molecule has 0 spiro atoms. The number of benzene rings is 1. The van der Waals surface area contributed by atoms with Crippen LogP contribution in [0, 0.1) is 0 Å². The van der Waals surface area contributed by atoms with Gasteiger partial charge in [-0.05, 0) is 31.5 Å². The van der Waals surface area contributed by atoms with Gasteiger partial charge in [-0.15, -0.1) is 0 Å². The van der Waals surface area contributed by atoms with E-state index in [1.807, 2.05) is 18.9 Å². The average Bonchev–Trinajstić information content (AvgIpc) is 2.82. The number of ether oxygens (including phenoxy) is 1. The molecular weight excluding hydrogens is 301 g/mol. The molecule has 2 atom stereocenters. The maximum absolute atomic E-state index is 13.0. The van der Waals surface area contributed by atoms with E-state index >= 15 is 0 Å². The molecule has 1 aromatic rings. The number of hydrogen-bond acceptors (Lipinski definition) is 3. The minimum absolute atomic E-state index is 0.0329. The van der Waals surface area contributed by atoms with E-state index in [0.717, 1.165) is 12.5 Å². The van der Waals surface area contributed by atoms with Crippen LogP contribution in [-0.4, -0.2) is 30.8 Å². The monoisotopic (exact) mass is 318 g/mol. The van der Waals surface area contributed by atoms with Gasteiger partial charge in [-0.25, -0.2) is 0 Å². The molecule has 1 aromatic carbocycles. The molecule has 3 nitrogen and oxygen atoms in total. The van der Waals surface area contributed by atoms with Crippen LogP contribution >= 0.6 is 12.2 Å². The Kier molecular flexibility index (Phi) is 4.43. The highest BCUT2D eigenvalue weighted by molar-refractivity contribution is 7.80. The topological polar surface area (TPSA) is 38.5 Å². The van der Waals surface area contributed by atoms with Crippen molar-refractivity contribution in [1.82, 2.24) is 0 Å². The molecule has 1 saturated heterocycles. The number of nitrogens with zero attached hydrogens (tertiary/aromatic N) is 1. The molecule has 116 valence electrons. The van der Waals surface area contributed by atoms with Gasteiger partial charge < -0.3 is 15.4 Å². The van der Waals surface area contributed by atoms with Crippen LogP contribution in [0.25, 0.3) is 0 Å². The molecule has 0 aliphatic carbocycles. The largest absolute Gasteiger partial charge is 0.417 e. The molecule has 0 amide bonds. The molecule has 2 N–H and O–H groups in total. The highest BCUT2D eigenvalue weighted by Crippen LogP contribution is 2.35. The summed E-state index contributed by atoms with van der Waals surface area (Å²) in [5.74, 6) is 0. The second-order valence-corrected chi connectivity index (χ2v) is 5.57. The van der Waals surface area contributed by atoms with Crippen molar-refractivity contribution in [1.29, 1.82) is 0 Å². The van der Waals surface area contributed by atoms with Crippen molar-refractivity contribution in [2.24, 2.45) is 5.73 Å². The number of rotatable bonds is 3. The number of alkyl halides is 3. The highest BCUT2D eigenvalue weighted by Gasteiger charge is 2.35. The lowest BCUT2D eigenvalue weighted by molar-refractivity contribution is -0.137. The first-order chi connectivity index (χ1) is 9.71. The Morgan fingerprint density at radius 1 is 1.43 bits per heavy atom. The van der Waals surface area contributed by atoms with Crippen molar-refractivity contribution in [3.05, 3.63) is 29.3 Å². The van der Waals surface area contributed by atoms with Crippen molar-refractivity contribution in [3.8, 4) is 0 Å². The standard InChI is InChI=1S/C14H17F3N2OS/c1-8-12(5-6-20-8)19(2)9-3-4-11(14(15,16)17)10(7-9)13(18)21/h3-4,7-8,12H,5-6H2,1-2H3,(H2,18,21). The van der Waals surface area contributed by atoms with Gasteiger partial charge in [0, 0.05) is 24.9 Å². The summed E-state index contributed by atoms with van der Waals surface area (Å²) in [5.41, 5.74) is 5.15. The number of hydrogen-bond donors (Lipinski definition) is 1. The van der Waals surface area contributed by atoms with Gasteiger partial charge in [-0.1, -0.05) is 12.2 Å². The van der Waals surface area contributed by atoms with Crippen LogP contribution in [0.5, 0.6) is 0 Å². The van der Waals surface area contributed by atoms with Crippen molar-refractivity contribution < 1.29 is 17.9 Å². The molecule has 0 bridgehead atoms. The Morgan fingerprint density at radius 2 is 2.10 bits per heavy atom. The van der Waals surface area contributed by atoms with Crippen molar-refractivity contribution in [3.63, 3.8) is 0 Å². The molecule has 0 radical (unpaired) electrons. The van der Waals surface area contributed by atoms with Crippen LogP contribution in [0.3, 0.4) is 0 Å². The maximum atomic E-state index is 13.0. The zero-order valence-corrected chi connectivity index (χ0v) is 12.6. The van der Waals surface area contributed by atoms with Crippen molar-refractivity contribution >= 4 is 22.9 Å². The summed E-state index contributed by atoms with van der Waals surface area (Å²) in [5, 5.41) is 0. The summed E-state index contributed by atoms with van der Waals surface area (Å²) in [6.45, 7) is 2.60. The first-order valence-electron chi connectivity index (χ1n) is 6.57. The fourth-order valence-corrected chi connectivity index (χ4v) is 2.79. The molecule has 1 heterocycles. The predicted molar refractivity (Wildman–Crippen MR) is 79.6 cm³/mol. The third-order valence-electron chi connectivity index (χ3n) is 3.81. The number of likely N-dealkylation sites (N-methyl/N-ethyl adjacent to an activating group) is 1. The molecule has 7 heteroatoms. The van der Waals surface area contributed by atoms with Crippen molar-refractivity contribution in [2.45, 2.75) is 31.7 Å². The zero-order valence-electron chi connectivity index (χ0n) is 11.8. The van der Waals surface area contributed by atoms with Crippen LogP contribution in [-0.2, 0) is 10.9 Å². The number of anilines is 1. The second-order valence-electron chi connectivity index (χ2n) is 5.13. The summed E-state index contributed by atoms with van der Waals surface area (Å²) < 4.78 is 44.4. The SMILES string of the molecule is CC1OCCC1N(C)c1ccc(C(F)(F)F)c(C(N)=S)c1. The molecular formula is C14H17F3N2OS. The first-order valence-corrected chi connectivity index (χ1v) is 6.98. The third kappa shape index (κ3) is 3.29. The highest BCUT2D eigenvalue weighted by atomic mass is 32.1. The Morgan fingerprint density at radius 3 is 2.57 bits per heavy atom. The molecule has 0 saturated carbocycles. The first kappa shape index (κ1) is 16.0. The van der Waals surface area contributed by atoms with Gasteiger partial charge in [0.05, 0.1) is 17.7 Å². The van der Waals surface area contributed by atoms with Crippen LogP contribution in [0.1, 0.15) is 24.5 Å². The van der Waals surface area contributed by atoms with Gasteiger partial charge in [0.2, 0.25) is 0 Å². The van der Waals surface area contributed by atoms with E-state index in [9.17, 15) is 13.2 Å². The van der Waals surface area contributed by atoms with E-state index in [1.165, 1.54) is 12.1 Å². The Balaban J connectivity index is 2.38. The predicted octanol–water partition coefficient (Wildman–Crippen LogP) is 2.95. The minimum atomic E-state index is -4.47.